The van der Waals surface area contributed by atoms with E-state index in [4.69, 9.17) is 9.47 Å². The predicted molar refractivity (Wildman–Crippen MR) is 91.3 cm³/mol. The summed E-state index contributed by atoms with van der Waals surface area (Å²) in [5.41, 5.74) is 0.526. The zero-order valence-electron chi connectivity index (χ0n) is 14.0. The third-order valence-electron chi connectivity index (χ3n) is 5.00. The number of hydrogen-bond donors (Lipinski definition) is 0. The second-order valence-corrected chi connectivity index (χ2v) is 6.65. The minimum absolute atomic E-state index is 0.0478. The van der Waals surface area contributed by atoms with Crippen LogP contribution < -0.4 is 4.74 Å². The summed E-state index contributed by atoms with van der Waals surface area (Å²) in [6.07, 6.45) is 9.35. The molecule has 2 aliphatic heterocycles. The van der Waals surface area contributed by atoms with E-state index in [0.29, 0.717) is 25.3 Å². The Morgan fingerprint density at radius 1 is 1.16 bits per heavy atom. The van der Waals surface area contributed by atoms with Crippen LogP contribution in [-0.2, 0) is 4.74 Å². The van der Waals surface area contributed by atoms with Crippen LogP contribution in [0.5, 0.6) is 5.75 Å². The molecule has 6 heteroatoms. The van der Waals surface area contributed by atoms with Gasteiger partial charge in [0, 0.05) is 43.7 Å². The van der Waals surface area contributed by atoms with Gasteiger partial charge in [-0.05, 0) is 37.1 Å². The first-order chi connectivity index (χ1) is 12.2. The second-order valence-electron chi connectivity index (χ2n) is 6.65. The van der Waals surface area contributed by atoms with Crippen LogP contribution in [0.3, 0.4) is 0 Å². The molecule has 4 rings (SSSR count). The molecule has 130 valence electrons. The molecule has 2 aromatic rings. The average molecular weight is 339 g/mol. The third kappa shape index (κ3) is 3.49. The summed E-state index contributed by atoms with van der Waals surface area (Å²) in [4.78, 5) is 22.5. The minimum atomic E-state index is -0.165. The number of likely N-dealkylation sites (tertiary alicyclic amines) is 1. The molecular weight excluding hydrogens is 318 g/mol. The molecule has 25 heavy (non-hydrogen) atoms. The molecule has 2 aliphatic rings. The van der Waals surface area contributed by atoms with Crippen molar-refractivity contribution < 1.29 is 14.3 Å². The quantitative estimate of drug-likeness (QED) is 0.859. The molecule has 0 bridgehead atoms. The lowest BCUT2D eigenvalue weighted by molar-refractivity contribution is -0.0395. The topological polar surface area (TPSA) is 64.6 Å². The van der Waals surface area contributed by atoms with E-state index in [1.165, 1.54) is 0 Å². The summed E-state index contributed by atoms with van der Waals surface area (Å²) in [5, 5.41) is 0. The van der Waals surface area contributed by atoms with Gasteiger partial charge in [-0.3, -0.25) is 14.8 Å². The van der Waals surface area contributed by atoms with E-state index in [1.807, 2.05) is 17.0 Å². The van der Waals surface area contributed by atoms with Gasteiger partial charge < -0.3 is 14.4 Å². The Hall–Kier alpha value is -2.47. The van der Waals surface area contributed by atoms with E-state index in [1.54, 1.807) is 36.9 Å². The number of hydrogen-bond acceptors (Lipinski definition) is 5. The number of ether oxygens (including phenoxy) is 2. The highest BCUT2D eigenvalue weighted by Gasteiger charge is 2.44. The van der Waals surface area contributed by atoms with Crippen LogP contribution in [0.15, 0.2) is 49.1 Å². The molecule has 1 atom stereocenters. The van der Waals surface area contributed by atoms with Crippen molar-refractivity contribution in [2.75, 3.05) is 19.7 Å². The van der Waals surface area contributed by atoms with Crippen molar-refractivity contribution in [1.29, 1.82) is 0 Å². The molecule has 0 saturated carbocycles. The lowest BCUT2D eigenvalue weighted by atomic mass is 9.87. The fourth-order valence-electron chi connectivity index (χ4n) is 3.63. The van der Waals surface area contributed by atoms with Crippen molar-refractivity contribution in [2.45, 2.75) is 31.0 Å². The number of pyridine rings is 2. The summed E-state index contributed by atoms with van der Waals surface area (Å²) in [6.45, 7) is 2.01. The van der Waals surface area contributed by atoms with E-state index in [-0.39, 0.29) is 17.6 Å². The van der Waals surface area contributed by atoms with Crippen LogP contribution in [0.1, 0.15) is 29.6 Å². The molecule has 2 saturated heterocycles. The van der Waals surface area contributed by atoms with Gasteiger partial charge in [-0.25, -0.2) is 0 Å². The van der Waals surface area contributed by atoms with Crippen molar-refractivity contribution in [1.82, 2.24) is 14.9 Å². The summed E-state index contributed by atoms with van der Waals surface area (Å²) in [5.74, 6) is 0.844. The van der Waals surface area contributed by atoms with E-state index < -0.39 is 0 Å². The molecule has 1 spiro atoms. The smallest absolute Gasteiger partial charge is 0.253 e. The van der Waals surface area contributed by atoms with Crippen molar-refractivity contribution in [2.24, 2.45) is 0 Å². The van der Waals surface area contributed by atoms with Crippen molar-refractivity contribution in [3.8, 4) is 5.75 Å². The van der Waals surface area contributed by atoms with Crippen LogP contribution in [-0.4, -0.2) is 52.2 Å². The lowest BCUT2D eigenvalue weighted by Gasteiger charge is -2.38. The molecule has 0 radical (unpaired) electrons. The zero-order chi connectivity index (χ0) is 17.1. The van der Waals surface area contributed by atoms with Crippen LogP contribution in [0, 0.1) is 0 Å². The van der Waals surface area contributed by atoms with E-state index in [0.717, 1.165) is 25.0 Å². The van der Waals surface area contributed by atoms with Crippen LogP contribution in [0.25, 0.3) is 0 Å². The molecule has 2 aromatic heterocycles. The maximum Gasteiger partial charge on any atom is 0.253 e. The molecular formula is C19H21N3O3. The molecule has 1 amide bonds. The van der Waals surface area contributed by atoms with Gasteiger partial charge in [0.25, 0.3) is 5.91 Å². The number of nitrogens with zero attached hydrogens (tertiary/aromatic N) is 3. The van der Waals surface area contributed by atoms with Crippen molar-refractivity contribution in [3.63, 3.8) is 0 Å². The van der Waals surface area contributed by atoms with Gasteiger partial charge in [0.05, 0.1) is 18.4 Å². The standard InChI is InChI=1S/C19H21N3O3/c23-18(15-3-8-20-9-4-15)22-10-5-19(6-11-22)12-17(14-24-19)25-16-2-1-7-21-13-16/h1-4,7-9,13,17H,5-6,10-12,14H2/t17-/m0/s1. The normalized spacial score (nSPS) is 22.1. The van der Waals surface area contributed by atoms with Gasteiger partial charge >= 0.3 is 0 Å². The Kier molecular flexibility index (Phi) is 4.36. The Labute approximate surface area is 146 Å². The number of aromatic nitrogens is 2. The number of carbonyl (C=O) groups is 1. The highest BCUT2D eigenvalue weighted by Crippen LogP contribution is 2.37. The first-order valence-corrected chi connectivity index (χ1v) is 8.64. The SMILES string of the molecule is O=C(c1ccncc1)N1CCC2(CC1)C[C@H](Oc1cccnc1)CO2. The van der Waals surface area contributed by atoms with Crippen LogP contribution in [0.2, 0.25) is 0 Å². The lowest BCUT2D eigenvalue weighted by Crippen LogP contribution is -2.46. The first-order valence-electron chi connectivity index (χ1n) is 8.64. The Bertz CT molecular complexity index is 715. The Balaban J connectivity index is 1.33. The summed E-state index contributed by atoms with van der Waals surface area (Å²) < 4.78 is 12.1. The van der Waals surface area contributed by atoms with Gasteiger partial charge in [-0.15, -0.1) is 0 Å². The summed E-state index contributed by atoms with van der Waals surface area (Å²) in [7, 11) is 0. The molecule has 0 unspecified atom stereocenters. The first kappa shape index (κ1) is 16.0. The molecule has 0 N–H and O–H groups in total. The molecule has 0 aliphatic carbocycles. The van der Waals surface area contributed by atoms with E-state index in [2.05, 4.69) is 9.97 Å². The molecule has 2 fully saturated rings. The highest BCUT2D eigenvalue weighted by molar-refractivity contribution is 5.94. The largest absolute Gasteiger partial charge is 0.486 e. The second kappa shape index (κ2) is 6.80. The van der Waals surface area contributed by atoms with Gasteiger partial charge in [0.2, 0.25) is 0 Å². The number of carbonyl (C=O) groups excluding carboxylic acids is 1. The predicted octanol–water partition coefficient (Wildman–Crippen LogP) is 2.32. The molecule has 0 aromatic carbocycles. The number of rotatable bonds is 3. The highest BCUT2D eigenvalue weighted by atomic mass is 16.6. The van der Waals surface area contributed by atoms with E-state index >= 15 is 0 Å². The van der Waals surface area contributed by atoms with Gasteiger partial charge in [0.15, 0.2) is 0 Å². The fourth-order valence-corrected chi connectivity index (χ4v) is 3.63. The maximum atomic E-state index is 12.5. The summed E-state index contributed by atoms with van der Waals surface area (Å²) in [6, 6.07) is 7.30. The molecule has 6 nitrogen and oxygen atoms in total. The average Bonchev–Trinajstić information content (AvgIpc) is 3.05. The van der Waals surface area contributed by atoms with Crippen molar-refractivity contribution in [3.05, 3.63) is 54.6 Å². The van der Waals surface area contributed by atoms with Gasteiger partial charge in [0.1, 0.15) is 11.9 Å². The minimum Gasteiger partial charge on any atom is -0.486 e. The number of amides is 1. The van der Waals surface area contributed by atoms with Gasteiger partial charge in [-0.1, -0.05) is 0 Å². The number of piperidine rings is 1. The summed E-state index contributed by atoms with van der Waals surface area (Å²) >= 11 is 0. The third-order valence-corrected chi connectivity index (χ3v) is 5.00. The Morgan fingerprint density at radius 2 is 1.96 bits per heavy atom. The van der Waals surface area contributed by atoms with E-state index in [9.17, 15) is 4.79 Å². The maximum absolute atomic E-state index is 12.5. The van der Waals surface area contributed by atoms with Crippen LogP contribution >= 0.6 is 0 Å². The van der Waals surface area contributed by atoms with Crippen LogP contribution in [0.4, 0.5) is 0 Å². The molecule has 4 heterocycles. The monoisotopic (exact) mass is 339 g/mol. The Morgan fingerprint density at radius 3 is 2.68 bits per heavy atom. The fraction of sp³-hybridized carbons (Fsp3) is 0.421. The zero-order valence-corrected chi connectivity index (χ0v) is 14.0. The van der Waals surface area contributed by atoms with Crippen molar-refractivity contribution >= 4 is 5.91 Å². The van der Waals surface area contributed by atoms with Gasteiger partial charge in [-0.2, -0.15) is 0 Å².